The van der Waals surface area contributed by atoms with Gasteiger partial charge in [0, 0.05) is 29.3 Å². The van der Waals surface area contributed by atoms with Crippen molar-refractivity contribution in [2.75, 3.05) is 6.54 Å². The summed E-state index contributed by atoms with van der Waals surface area (Å²) in [5.74, 6) is -0.998. The Morgan fingerprint density at radius 1 is 1.14 bits per heavy atom. The van der Waals surface area contributed by atoms with E-state index in [-0.39, 0.29) is 16.9 Å². The van der Waals surface area contributed by atoms with Gasteiger partial charge < -0.3 is 10.6 Å². The van der Waals surface area contributed by atoms with Gasteiger partial charge in [-0.3, -0.25) is 19.7 Å². The summed E-state index contributed by atoms with van der Waals surface area (Å²) in [4.78, 5) is 35.2. The maximum Gasteiger partial charge on any atom is 0.269 e. The van der Waals surface area contributed by atoms with Crippen LogP contribution in [0, 0.1) is 10.1 Å². The number of nitro groups is 1. The van der Waals surface area contributed by atoms with Crippen molar-refractivity contribution < 1.29 is 14.5 Å². The van der Waals surface area contributed by atoms with E-state index in [4.69, 9.17) is 11.6 Å². The molecule has 146 valence electrons. The first-order valence-corrected chi connectivity index (χ1v) is 9.10. The molecule has 2 aromatic carbocycles. The lowest BCUT2D eigenvalue weighted by molar-refractivity contribution is -0.384. The summed E-state index contributed by atoms with van der Waals surface area (Å²) >= 11 is 6.15. The summed E-state index contributed by atoms with van der Waals surface area (Å²) in [6.45, 7) is 2.48. The van der Waals surface area contributed by atoms with Crippen molar-refractivity contribution in [2.24, 2.45) is 0 Å². The molecule has 7 nitrogen and oxygen atoms in total. The highest BCUT2D eigenvalue weighted by Crippen LogP contribution is 2.18. The van der Waals surface area contributed by atoms with Gasteiger partial charge in [0.1, 0.15) is 5.70 Å². The molecule has 28 heavy (non-hydrogen) atoms. The molecule has 2 aromatic rings. The van der Waals surface area contributed by atoms with Crippen molar-refractivity contribution in [3.8, 4) is 0 Å². The number of rotatable bonds is 8. The maximum atomic E-state index is 12.5. The second-order valence-electron chi connectivity index (χ2n) is 5.95. The molecule has 2 rings (SSSR count). The van der Waals surface area contributed by atoms with Crippen LogP contribution in [0.3, 0.4) is 0 Å². The van der Waals surface area contributed by atoms with E-state index in [0.717, 1.165) is 12.8 Å². The number of benzene rings is 2. The Morgan fingerprint density at radius 3 is 2.43 bits per heavy atom. The Kier molecular flexibility index (Phi) is 7.71. The second-order valence-corrected chi connectivity index (χ2v) is 6.35. The topological polar surface area (TPSA) is 101 Å². The monoisotopic (exact) mass is 401 g/mol. The number of nitrogens with one attached hydrogen (secondary N) is 2. The van der Waals surface area contributed by atoms with Gasteiger partial charge in [0.15, 0.2) is 0 Å². The van der Waals surface area contributed by atoms with E-state index in [2.05, 4.69) is 10.6 Å². The third kappa shape index (κ3) is 5.92. The van der Waals surface area contributed by atoms with Gasteiger partial charge in [0.05, 0.1) is 4.92 Å². The van der Waals surface area contributed by atoms with Crippen LogP contribution >= 0.6 is 11.6 Å². The van der Waals surface area contributed by atoms with Crippen molar-refractivity contribution in [1.82, 2.24) is 10.6 Å². The maximum absolute atomic E-state index is 12.5. The van der Waals surface area contributed by atoms with Crippen LogP contribution in [-0.2, 0) is 4.79 Å². The van der Waals surface area contributed by atoms with E-state index >= 15 is 0 Å². The van der Waals surface area contributed by atoms with Crippen LogP contribution in [0.5, 0.6) is 0 Å². The van der Waals surface area contributed by atoms with Crippen LogP contribution < -0.4 is 10.6 Å². The number of nitro benzene ring substituents is 1. The van der Waals surface area contributed by atoms with E-state index in [1.165, 1.54) is 30.3 Å². The van der Waals surface area contributed by atoms with E-state index in [1.54, 1.807) is 24.3 Å². The van der Waals surface area contributed by atoms with Crippen LogP contribution in [0.4, 0.5) is 5.69 Å². The zero-order chi connectivity index (χ0) is 20.5. The molecule has 0 atom stereocenters. The zero-order valence-corrected chi connectivity index (χ0v) is 16.0. The van der Waals surface area contributed by atoms with Crippen LogP contribution in [0.25, 0.3) is 6.08 Å². The largest absolute Gasteiger partial charge is 0.351 e. The van der Waals surface area contributed by atoms with Gasteiger partial charge in [-0.15, -0.1) is 0 Å². The Labute approximate surface area is 167 Å². The number of hydrogen-bond acceptors (Lipinski definition) is 4. The number of nitrogens with zero attached hydrogens (tertiary/aromatic N) is 1. The first-order valence-electron chi connectivity index (χ1n) is 8.72. The van der Waals surface area contributed by atoms with Crippen molar-refractivity contribution in [3.63, 3.8) is 0 Å². The Bertz CT molecular complexity index is 895. The van der Waals surface area contributed by atoms with Gasteiger partial charge in [-0.25, -0.2) is 0 Å². The fraction of sp³-hybridized carbons (Fsp3) is 0.200. The lowest BCUT2D eigenvalue weighted by Gasteiger charge is -2.11. The van der Waals surface area contributed by atoms with E-state index < -0.39 is 16.7 Å². The second kappa shape index (κ2) is 10.2. The molecule has 8 heteroatoms. The number of hydrogen-bond donors (Lipinski definition) is 2. The third-order valence-corrected chi connectivity index (χ3v) is 4.20. The average molecular weight is 402 g/mol. The lowest BCUT2D eigenvalue weighted by atomic mass is 10.1. The molecule has 0 fully saturated rings. The minimum atomic E-state index is -0.557. The molecule has 0 bridgehead atoms. The van der Waals surface area contributed by atoms with Gasteiger partial charge in [-0.05, 0) is 36.3 Å². The molecule has 2 N–H and O–H groups in total. The number of amides is 2. The van der Waals surface area contributed by atoms with Crippen molar-refractivity contribution in [1.29, 1.82) is 0 Å². The van der Waals surface area contributed by atoms with E-state index in [1.807, 2.05) is 6.92 Å². The smallest absolute Gasteiger partial charge is 0.269 e. The van der Waals surface area contributed by atoms with Crippen molar-refractivity contribution >= 4 is 35.2 Å². The molecule has 0 heterocycles. The molecule has 0 aromatic heterocycles. The number of carbonyl (C=O) groups is 2. The fourth-order valence-electron chi connectivity index (χ4n) is 2.31. The molecule has 0 saturated heterocycles. The predicted octanol–water partition coefficient (Wildman–Crippen LogP) is 3.94. The molecule has 0 spiro atoms. The minimum Gasteiger partial charge on any atom is -0.351 e. The number of unbranched alkanes of at least 4 members (excludes halogenated alkanes) is 1. The van der Waals surface area contributed by atoms with E-state index in [0.29, 0.717) is 17.1 Å². The van der Waals surface area contributed by atoms with Crippen LogP contribution in [0.1, 0.15) is 35.7 Å². The van der Waals surface area contributed by atoms with E-state index in [9.17, 15) is 19.7 Å². The molecule has 0 radical (unpaired) electrons. The summed E-state index contributed by atoms with van der Waals surface area (Å²) in [6, 6.07) is 12.0. The highest BCUT2D eigenvalue weighted by molar-refractivity contribution is 6.32. The first kappa shape index (κ1) is 21.1. The average Bonchev–Trinajstić information content (AvgIpc) is 2.69. The van der Waals surface area contributed by atoms with Gasteiger partial charge in [-0.2, -0.15) is 0 Å². The highest BCUT2D eigenvalue weighted by atomic mass is 35.5. The Balaban J connectivity index is 2.25. The summed E-state index contributed by atoms with van der Waals surface area (Å²) in [5.41, 5.74) is 0.680. The molecule has 0 saturated carbocycles. The zero-order valence-electron chi connectivity index (χ0n) is 15.3. The lowest BCUT2D eigenvalue weighted by Crippen LogP contribution is -2.35. The Hall–Kier alpha value is -3.19. The minimum absolute atomic E-state index is 0.0348. The third-order valence-electron chi connectivity index (χ3n) is 3.85. The van der Waals surface area contributed by atoms with Crippen molar-refractivity contribution in [3.05, 3.63) is 80.5 Å². The molecule has 0 unspecified atom stereocenters. The summed E-state index contributed by atoms with van der Waals surface area (Å²) in [7, 11) is 0. The molecule has 0 aliphatic heterocycles. The number of carbonyl (C=O) groups excluding carboxylic acids is 2. The van der Waals surface area contributed by atoms with Gasteiger partial charge >= 0.3 is 0 Å². The summed E-state index contributed by atoms with van der Waals surface area (Å²) in [6.07, 6.45) is 3.22. The van der Waals surface area contributed by atoms with Gasteiger partial charge in [0.25, 0.3) is 17.5 Å². The Morgan fingerprint density at radius 2 is 1.82 bits per heavy atom. The fourth-order valence-corrected chi connectivity index (χ4v) is 2.50. The van der Waals surface area contributed by atoms with Crippen LogP contribution in [0.2, 0.25) is 5.02 Å². The summed E-state index contributed by atoms with van der Waals surface area (Å²) in [5, 5.41) is 16.5. The SMILES string of the molecule is CCCCNC(=O)C(=Cc1ccccc1Cl)NC(=O)c1ccc([N+](=O)[O-])cc1. The van der Waals surface area contributed by atoms with Crippen LogP contribution in [0.15, 0.2) is 54.2 Å². The summed E-state index contributed by atoms with van der Waals surface area (Å²) < 4.78 is 0. The molecular weight excluding hydrogens is 382 g/mol. The number of halogens is 1. The predicted molar refractivity (Wildman–Crippen MR) is 108 cm³/mol. The first-order chi connectivity index (χ1) is 13.4. The van der Waals surface area contributed by atoms with Gasteiger partial charge in [-0.1, -0.05) is 43.1 Å². The molecule has 0 aliphatic rings. The van der Waals surface area contributed by atoms with Crippen molar-refractivity contribution in [2.45, 2.75) is 19.8 Å². The standard InChI is InChI=1S/C20H20ClN3O4/c1-2-3-12-22-20(26)18(13-15-6-4-5-7-17(15)21)23-19(25)14-8-10-16(11-9-14)24(27)28/h4-11,13H,2-3,12H2,1H3,(H,22,26)(H,23,25). The van der Waals surface area contributed by atoms with Crippen LogP contribution in [-0.4, -0.2) is 23.3 Å². The number of non-ortho nitro benzene ring substituents is 1. The highest BCUT2D eigenvalue weighted by Gasteiger charge is 2.16. The molecule has 2 amide bonds. The molecule has 0 aliphatic carbocycles. The molecular formula is C20H20ClN3O4. The van der Waals surface area contributed by atoms with Gasteiger partial charge in [0.2, 0.25) is 0 Å². The normalized spacial score (nSPS) is 11.0. The quantitative estimate of drug-likeness (QED) is 0.303.